The maximum Gasteiger partial charge on any atom is 0.193 e. The molecule has 0 aliphatic carbocycles. The van der Waals surface area contributed by atoms with E-state index in [1.807, 2.05) is 0 Å². The van der Waals surface area contributed by atoms with Crippen LogP contribution in [-0.2, 0) is 0 Å². The van der Waals surface area contributed by atoms with Gasteiger partial charge in [0.15, 0.2) is 5.96 Å². The lowest BCUT2D eigenvalue weighted by Gasteiger charge is -2.31. The molecule has 4 nitrogen and oxygen atoms in total. The predicted molar refractivity (Wildman–Crippen MR) is 134 cm³/mol. The van der Waals surface area contributed by atoms with Crippen molar-refractivity contribution in [1.82, 2.24) is 15.1 Å². The largest absolute Gasteiger partial charge is 0.357 e. The quantitative estimate of drug-likeness (QED) is 0.240. The van der Waals surface area contributed by atoms with Crippen LogP contribution < -0.4 is 5.32 Å². The molecular formula is C23H39IN4. The molecule has 28 heavy (non-hydrogen) atoms. The average molecular weight is 498 g/mol. The molecule has 1 fully saturated rings. The number of aliphatic imine (C=N–C) groups is 1. The molecule has 1 N–H and O–H groups in total. The number of unbranched alkanes of at least 4 members (excludes halogenated alkanes) is 1. The molecule has 0 atom stereocenters. The Morgan fingerprint density at radius 2 is 1.86 bits per heavy atom. The van der Waals surface area contributed by atoms with Gasteiger partial charge in [-0.3, -0.25) is 4.99 Å². The Kier molecular flexibility index (Phi) is 12.5. The average Bonchev–Trinajstić information content (AvgIpc) is 2.68. The van der Waals surface area contributed by atoms with Crippen molar-refractivity contribution in [3.8, 4) is 0 Å². The molecule has 0 bridgehead atoms. The van der Waals surface area contributed by atoms with Crippen LogP contribution in [-0.4, -0.2) is 61.6 Å². The summed E-state index contributed by atoms with van der Waals surface area (Å²) in [6.07, 6.45) is 6.96. The van der Waals surface area contributed by atoms with Crippen molar-refractivity contribution in [2.45, 2.75) is 52.5 Å². The second-order valence-corrected chi connectivity index (χ2v) is 7.72. The zero-order valence-electron chi connectivity index (χ0n) is 18.2. The Balaban J connectivity index is 0.00000392. The Hall–Kier alpha value is -1.08. The molecule has 0 saturated carbocycles. The molecule has 0 spiro atoms. The third kappa shape index (κ3) is 8.95. The Bertz CT molecular complexity index is 588. The van der Waals surface area contributed by atoms with E-state index in [0.29, 0.717) is 6.04 Å². The molecule has 1 heterocycles. The molecule has 1 aliphatic rings. The minimum atomic E-state index is 0. The van der Waals surface area contributed by atoms with Crippen LogP contribution in [0.4, 0.5) is 0 Å². The summed E-state index contributed by atoms with van der Waals surface area (Å²) in [6.45, 7) is 11.8. The molecule has 1 aliphatic heterocycles. The zero-order chi connectivity index (χ0) is 19.5. The fraction of sp³-hybridized carbons (Fsp3) is 0.609. The molecule has 0 aromatic heterocycles. The SMILES string of the molecule is CCNC(=NCCCCN(C)C(C)C)N1CCC(=Cc2ccccc2)CC1.I. The maximum atomic E-state index is 4.88. The van der Waals surface area contributed by atoms with Crippen LogP contribution >= 0.6 is 24.0 Å². The van der Waals surface area contributed by atoms with Crippen molar-refractivity contribution in [2.24, 2.45) is 4.99 Å². The van der Waals surface area contributed by atoms with Crippen molar-refractivity contribution >= 4 is 36.0 Å². The smallest absolute Gasteiger partial charge is 0.193 e. The molecular weight excluding hydrogens is 459 g/mol. The zero-order valence-corrected chi connectivity index (χ0v) is 20.5. The third-order valence-electron chi connectivity index (χ3n) is 5.27. The fourth-order valence-corrected chi connectivity index (χ4v) is 3.28. The topological polar surface area (TPSA) is 30.9 Å². The van der Waals surface area contributed by atoms with Crippen LogP contribution in [0.1, 0.15) is 52.0 Å². The van der Waals surface area contributed by atoms with Crippen molar-refractivity contribution < 1.29 is 0 Å². The van der Waals surface area contributed by atoms with Gasteiger partial charge in [0.1, 0.15) is 0 Å². The van der Waals surface area contributed by atoms with Gasteiger partial charge < -0.3 is 15.1 Å². The number of likely N-dealkylation sites (tertiary alicyclic amines) is 1. The molecule has 1 aromatic carbocycles. The lowest BCUT2D eigenvalue weighted by molar-refractivity contribution is 0.269. The van der Waals surface area contributed by atoms with Gasteiger partial charge in [0, 0.05) is 32.2 Å². The lowest BCUT2D eigenvalue weighted by atomic mass is 10.0. The number of hydrogen-bond acceptors (Lipinski definition) is 2. The van der Waals surface area contributed by atoms with E-state index in [4.69, 9.17) is 4.99 Å². The Morgan fingerprint density at radius 1 is 1.18 bits per heavy atom. The summed E-state index contributed by atoms with van der Waals surface area (Å²) in [5.41, 5.74) is 2.86. The standard InChI is InChI=1S/C23H38N4.HI/c1-5-24-23(25-15-9-10-16-26(4)20(2)3)27-17-13-22(14-18-27)19-21-11-7-6-8-12-21;/h6-8,11-12,19-20H,5,9-10,13-18H2,1-4H3,(H,24,25);1H. The first-order valence-corrected chi connectivity index (χ1v) is 10.6. The van der Waals surface area contributed by atoms with Crippen LogP contribution in [0.5, 0.6) is 0 Å². The van der Waals surface area contributed by atoms with E-state index in [1.54, 1.807) is 5.57 Å². The third-order valence-corrected chi connectivity index (χ3v) is 5.27. The first kappa shape index (κ1) is 25.0. The van der Waals surface area contributed by atoms with Gasteiger partial charge in [-0.2, -0.15) is 0 Å². The maximum absolute atomic E-state index is 4.88. The number of nitrogens with one attached hydrogen (secondary N) is 1. The summed E-state index contributed by atoms with van der Waals surface area (Å²) < 4.78 is 0. The summed E-state index contributed by atoms with van der Waals surface area (Å²) in [5.74, 6) is 1.09. The van der Waals surface area contributed by atoms with E-state index >= 15 is 0 Å². The molecule has 0 radical (unpaired) electrons. The van der Waals surface area contributed by atoms with Gasteiger partial charge in [-0.15, -0.1) is 24.0 Å². The molecule has 1 saturated heterocycles. The molecule has 1 aromatic rings. The van der Waals surface area contributed by atoms with Crippen molar-refractivity contribution in [2.75, 3.05) is 39.8 Å². The molecule has 0 amide bonds. The van der Waals surface area contributed by atoms with Gasteiger partial charge in [0.25, 0.3) is 0 Å². The number of guanidine groups is 1. The van der Waals surface area contributed by atoms with E-state index in [-0.39, 0.29) is 24.0 Å². The van der Waals surface area contributed by atoms with E-state index < -0.39 is 0 Å². The van der Waals surface area contributed by atoms with Crippen molar-refractivity contribution in [3.05, 3.63) is 41.5 Å². The molecule has 158 valence electrons. The summed E-state index contributed by atoms with van der Waals surface area (Å²) in [6, 6.07) is 11.3. The second kappa shape index (κ2) is 14.0. The monoisotopic (exact) mass is 498 g/mol. The van der Waals surface area contributed by atoms with Crippen LogP contribution in [0.3, 0.4) is 0 Å². The van der Waals surface area contributed by atoms with Gasteiger partial charge in [0.05, 0.1) is 0 Å². The number of hydrogen-bond donors (Lipinski definition) is 1. The van der Waals surface area contributed by atoms with Crippen LogP contribution in [0.15, 0.2) is 40.9 Å². The van der Waals surface area contributed by atoms with Gasteiger partial charge in [-0.05, 0) is 65.6 Å². The van der Waals surface area contributed by atoms with E-state index in [1.165, 1.54) is 12.0 Å². The number of rotatable bonds is 8. The highest BCUT2D eigenvalue weighted by molar-refractivity contribution is 14.0. The van der Waals surface area contributed by atoms with Crippen LogP contribution in [0.25, 0.3) is 6.08 Å². The van der Waals surface area contributed by atoms with Gasteiger partial charge in [-0.1, -0.05) is 42.0 Å². The predicted octanol–water partition coefficient (Wildman–Crippen LogP) is 4.87. The summed E-state index contributed by atoms with van der Waals surface area (Å²) in [7, 11) is 2.20. The minimum Gasteiger partial charge on any atom is -0.357 e. The summed E-state index contributed by atoms with van der Waals surface area (Å²) in [4.78, 5) is 9.71. The first-order valence-electron chi connectivity index (χ1n) is 10.6. The first-order chi connectivity index (χ1) is 13.1. The second-order valence-electron chi connectivity index (χ2n) is 7.72. The fourth-order valence-electron chi connectivity index (χ4n) is 3.28. The van der Waals surface area contributed by atoms with Crippen molar-refractivity contribution in [3.63, 3.8) is 0 Å². The highest BCUT2D eigenvalue weighted by Crippen LogP contribution is 2.19. The van der Waals surface area contributed by atoms with E-state index in [9.17, 15) is 0 Å². The van der Waals surface area contributed by atoms with Crippen molar-refractivity contribution in [1.29, 1.82) is 0 Å². The number of benzene rings is 1. The summed E-state index contributed by atoms with van der Waals surface area (Å²) >= 11 is 0. The highest BCUT2D eigenvalue weighted by Gasteiger charge is 2.17. The van der Waals surface area contributed by atoms with Gasteiger partial charge in [0.2, 0.25) is 0 Å². The lowest BCUT2D eigenvalue weighted by Crippen LogP contribution is -2.44. The highest BCUT2D eigenvalue weighted by atomic mass is 127. The summed E-state index contributed by atoms with van der Waals surface area (Å²) in [5, 5.41) is 3.48. The number of halogens is 1. The number of piperidine rings is 1. The Morgan fingerprint density at radius 3 is 2.46 bits per heavy atom. The van der Waals surface area contributed by atoms with Gasteiger partial charge in [-0.25, -0.2) is 0 Å². The van der Waals surface area contributed by atoms with E-state index in [2.05, 4.69) is 79.3 Å². The van der Waals surface area contributed by atoms with Crippen LogP contribution in [0, 0.1) is 0 Å². The number of nitrogens with zero attached hydrogens (tertiary/aromatic N) is 3. The normalized spacial score (nSPS) is 15.0. The molecule has 5 heteroatoms. The molecule has 0 unspecified atom stereocenters. The van der Waals surface area contributed by atoms with E-state index in [0.717, 1.165) is 57.9 Å². The van der Waals surface area contributed by atoms with Crippen LogP contribution in [0.2, 0.25) is 0 Å². The minimum absolute atomic E-state index is 0. The molecule has 2 rings (SSSR count). The Labute approximate surface area is 189 Å². The van der Waals surface area contributed by atoms with Gasteiger partial charge >= 0.3 is 0 Å².